The minimum atomic E-state index is -4.93. The minimum Gasteiger partial charge on any atom is -0.330 e. The third-order valence-corrected chi connectivity index (χ3v) is 11.2. The molecule has 4 aromatic carbocycles. The van der Waals surface area contributed by atoms with Crippen molar-refractivity contribution < 1.29 is 45.5 Å². The van der Waals surface area contributed by atoms with Crippen molar-refractivity contribution in [2.75, 3.05) is 45.9 Å². The first-order valence-corrected chi connectivity index (χ1v) is 20.7. The summed E-state index contributed by atoms with van der Waals surface area (Å²) in [5, 5.41) is 9.67. The summed E-state index contributed by atoms with van der Waals surface area (Å²) in [6.45, 7) is 0.138. The van der Waals surface area contributed by atoms with E-state index >= 15 is 0 Å². The van der Waals surface area contributed by atoms with Gasteiger partial charge in [-0.05, 0) is 60.7 Å². The second kappa shape index (κ2) is 20.0. The average molecular weight is 1000 g/mol. The van der Waals surface area contributed by atoms with Gasteiger partial charge in [-0.15, -0.1) is 23.5 Å². The SMILES string of the molecule is NCCSc1c(NC(=O)c2cccc(Br)c2)cc(C(F)(F)F)cc1NC(=O)c1cc(C(=O)Nc2cc(C(F)(F)F)cc(NC(=O)c3cccc(Br)c3)c2SCCN)ncn1. The highest BCUT2D eigenvalue weighted by Gasteiger charge is 2.35. The number of anilines is 4. The number of nitrogens with one attached hydrogen (secondary N) is 4. The largest absolute Gasteiger partial charge is 0.416 e. The fourth-order valence-electron chi connectivity index (χ4n) is 5.22. The van der Waals surface area contributed by atoms with Crippen molar-refractivity contribution >= 4 is 102 Å². The van der Waals surface area contributed by atoms with E-state index < -0.39 is 58.5 Å². The summed E-state index contributed by atoms with van der Waals surface area (Å²) < 4.78 is 86.1. The number of thioether (sulfide) groups is 2. The number of amides is 4. The van der Waals surface area contributed by atoms with E-state index in [1.54, 1.807) is 24.3 Å². The highest BCUT2D eigenvalue weighted by molar-refractivity contribution is 9.10. The summed E-state index contributed by atoms with van der Waals surface area (Å²) in [5.74, 6) is -3.41. The van der Waals surface area contributed by atoms with Crippen LogP contribution in [0.2, 0.25) is 0 Å². The van der Waals surface area contributed by atoms with Crippen LogP contribution in [0.1, 0.15) is 52.8 Å². The fraction of sp³-hybridized carbons (Fsp3) is 0.158. The lowest BCUT2D eigenvalue weighted by atomic mass is 10.1. The van der Waals surface area contributed by atoms with Gasteiger partial charge in [-0.3, -0.25) is 19.2 Å². The van der Waals surface area contributed by atoms with Crippen LogP contribution in [0.4, 0.5) is 49.1 Å². The van der Waals surface area contributed by atoms with E-state index in [1.807, 2.05) is 0 Å². The Hall–Kier alpha value is -5.00. The molecule has 4 amide bonds. The molecule has 8 N–H and O–H groups in total. The van der Waals surface area contributed by atoms with Gasteiger partial charge >= 0.3 is 12.4 Å². The van der Waals surface area contributed by atoms with E-state index in [1.165, 1.54) is 24.3 Å². The third kappa shape index (κ3) is 12.1. The topological polar surface area (TPSA) is 194 Å². The van der Waals surface area contributed by atoms with E-state index in [-0.39, 0.29) is 68.3 Å². The Kier molecular flexibility index (Phi) is 15.4. The van der Waals surface area contributed by atoms with Crippen molar-refractivity contribution in [2.45, 2.75) is 22.1 Å². The van der Waals surface area contributed by atoms with Crippen molar-refractivity contribution in [3.05, 3.63) is 128 Å². The van der Waals surface area contributed by atoms with Gasteiger partial charge in [0.15, 0.2) is 0 Å². The normalized spacial score (nSPS) is 11.5. The monoisotopic (exact) mass is 998 g/mol. The smallest absolute Gasteiger partial charge is 0.330 e. The minimum absolute atomic E-state index is 0.0204. The number of halogens is 8. The molecule has 12 nitrogen and oxygen atoms in total. The van der Waals surface area contributed by atoms with Crippen LogP contribution in [0.5, 0.6) is 0 Å². The molecular formula is C38H30Br2F6N8O4S2. The fourth-order valence-corrected chi connectivity index (χ4v) is 7.72. The zero-order valence-electron chi connectivity index (χ0n) is 30.4. The highest BCUT2D eigenvalue weighted by Crippen LogP contribution is 2.43. The first-order chi connectivity index (χ1) is 28.4. The van der Waals surface area contributed by atoms with Gasteiger partial charge in [0, 0.05) is 50.7 Å². The number of aromatic nitrogens is 2. The number of carbonyl (C=O) groups excluding carboxylic acids is 4. The molecule has 0 unspecified atom stereocenters. The standard InChI is InChI=1S/C38H30Br2F6N8O4S2/c39-23-5-1-3-19(11-23)33(55)51-25-13-21(37(41,42)43)15-27(31(25)59-9-7-47)53-35(57)29-17-30(50-18-49-29)36(58)54-28-16-22(38(44,45)46)14-26(32(28)60-10-8-48)52-34(56)20-4-2-6-24(40)12-20/h1-6,11-18H,7-10,47-48H2,(H,51,55)(H,52,56)(H,53,57)(H,54,58). The van der Waals surface area contributed by atoms with Crippen LogP contribution in [0.3, 0.4) is 0 Å². The summed E-state index contributed by atoms with van der Waals surface area (Å²) in [6, 6.07) is 15.8. The van der Waals surface area contributed by atoms with E-state index in [4.69, 9.17) is 11.5 Å². The molecule has 314 valence electrons. The van der Waals surface area contributed by atoms with Crippen molar-refractivity contribution in [3.8, 4) is 0 Å². The van der Waals surface area contributed by atoms with Crippen LogP contribution < -0.4 is 32.7 Å². The molecule has 0 atom stereocenters. The molecule has 0 aliphatic carbocycles. The molecule has 0 aliphatic rings. The number of benzene rings is 4. The van der Waals surface area contributed by atoms with Crippen LogP contribution in [-0.4, -0.2) is 58.2 Å². The van der Waals surface area contributed by atoms with Crippen molar-refractivity contribution in [1.29, 1.82) is 0 Å². The second-order valence-corrected chi connectivity index (χ2v) is 16.2. The molecular weight excluding hydrogens is 970 g/mol. The Labute approximate surface area is 362 Å². The Bertz CT molecular complexity index is 2280. The van der Waals surface area contributed by atoms with Gasteiger partial charge in [-0.1, -0.05) is 44.0 Å². The van der Waals surface area contributed by atoms with E-state index in [0.29, 0.717) is 33.2 Å². The number of nitrogens with zero attached hydrogens (tertiary/aromatic N) is 2. The molecule has 1 heterocycles. The number of hydrogen-bond acceptors (Lipinski definition) is 10. The zero-order valence-corrected chi connectivity index (χ0v) is 35.2. The molecule has 0 radical (unpaired) electrons. The molecule has 0 saturated heterocycles. The summed E-state index contributed by atoms with van der Waals surface area (Å²) in [5.41, 5.74) is 6.76. The molecule has 60 heavy (non-hydrogen) atoms. The lowest BCUT2D eigenvalue weighted by Gasteiger charge is -2.19. The van der Waals surface area contributed by atoms with Crippen molar-refractivity contribution in [3.63, 3.8) is 0 Å². The highest BCUT2D eigenvalue weighted by atomic mass is 79.9. The summed E-state index contributed by atoms with van der Waals surface area (Å²) in [7, 11) is 0. The summed E-state index contributed by atoms with van der Waals surface area (Å²) >= 11 is 8.38. The lowest BCUT2D eigenvalue weighted by molar-refractivity contribution is -0.138. The van der Waals surface area contributed by atoms with E-state index in [9.17, 15) is 45.5 Å². The number of alkyl halides is 6. The number of carbonyl (C=O) groups is 4. The van der Waals surface area contributed by atoms with E-state index in [2.05, 4.69) is 63.1 Å². The number of hydrogen-bond donors (Lipinski definition) is 6. The molecule has 0 aliphatic heterocycles. The summed E-state index contributed by atoms with van der Waals surface area (Å²) in [4.78, 5) is 61.3. The van der Waals surface area contributed by atoms with Crippen LogP contribution in [0, 0.1) is 0 Å². The molecule has 22 heteroatoms. The zero-order chi connectivity index (χ0) is 43.8. The number of nitrogens with two attached hydrogens (primary N) is 2. The quantitative estimate of drug-likeness (QED) is 0.0462. The molecule has 0 fully saturated rings. The number of rotatable bonds is 14. The van der Waals surface area contributed by atoms with Gasteiger partial charge in [0.25, 0.3) is 23.6 Å². The molecule has 5 aromatic rings. The molecule has 1 aromatic heterocycles. The van der Waals surface area contributed by atoms with E-state index in [0.717, 1.165) is 35.9 Å². The van der Waals surface area contributed by atoms with Crippen molar-refractivity contribution in [1.82, 2.24) is 9.97 Å². The maximum atomic E-state index is 14.2. The predicted molar refractivity (Wildman–Crippen MR) is 225 cm³/mol. The first-order valence-electron chi connectivity index (χ1n) is 17.1. The molecule has 0 bridgehead atoms. The Morgan fingerprint density at radius 2 is 0.900 bits per heavy atom. The Balaban J connectivity index is 1.48. The van der Waals surface area contributed by atoms with Crippen LogP contribution in [-0.2, 0) is 12.4 Å². The van der Waals surface area contributed by atoms with Gasteiger partial charge in [0.1, 0.15) is 17.7 Å². The maximum Gasteiger partial charge on any atom is 0.416 e. The first kappa shape index (κ1) is 46.1. The van der Waals surface area contributed by atoms with Crippen LogP contribution in [0.25, 0.3) is 0 Å². The Morgan fingerprint density at radius 1 is 0.550 bits per heavy atom. The average Bonchev–Trinajstić information content (AvgIpc) is 3.19. The molecule has 0 spiro atoms. The van der Waals surface area contributed by atoms with Gasteiger partial charge in [0.05, 0.1) is 43.7 Å². The second-order valence-electron chi connectivity index (χ2n) is 12.2. The molecule has 0 saturated carbocycles. The van der Waals surface area contributed by atoms with Gasteiger partial charge < -0.3 is 32.7 Å². The molecule has 5 rings (SSSR count). The van der Waals surface area contributed by atoms with Crippen molar-refractivity contribution in [2.24, 2.45) is 11.5 Å². The third-order valence-electron chi connectivity index (χ3n) is 7.86. The lowest BCUT2D eigenvalue weighted by Crippen LogP contribution is -2.21. The van der Waals surface area contributed by atoms with Crippen LogP contribution in [0.15, 0.2) is 104 Å². The van der Waals surface area contributed by atoms with Gasteiger partial charge in [-0.25, -0.2) is 9.97 Å². The maximum absolute atomic E-state index is 14.2. The Morgan fingerprint density at radius 3 is 1.22 bits per heavy atom. The predicted octanol–water partition coefficient (Wildman–Crippen LogP) is 9.15. The summed E-state index contributed by atoms with van der Waals surface area (Å²) in [6.07, 6.45) is -9.07. The van der Waals surface area contributed by atoms with Crippen LogP contribution >= 0.6 is 55.4 Å². The van der Waals surface area contributed by atoms with Gasteiger partial charge in [-0.2, -0.15) is 26.3 Å². The van der Waals surface area contributed by atoms with Gasteiger partial charge in [0.2, 0.25) is 0 Å².